The van der Waals surface area contributed by atoms with Crippen LogP contribution in [0, 0.1) is 0 Å². The van der Waals surface area contributed by atoms with Crippen LogP contribution in [0.4, 0.5) is 0 Å². The number of amides is 1. The predicted molar refractivity (Wildman–Crippen MR) is 80.2 cm³/mol. The number of carbonyl (C=O) groups excluding carboxylic acids is 1. The summed E-state index contributed by atoms with van der Waals surface area (Å²) < 4.78 is 5.39. The molecule has 1 unspecified atom stereocenters. The topological polar surface area (TPSA) is 51.2 Å². The van der Waals surface area contributed by atoms with E-state index < -0.39 is 0 Å². The summed E-state index contributed by atoms with van der Waals surface area (Å²) in [6.07, 6.45) is -0.0208. The van der Waals surface area contributed by atoms with Crippen LogP contribution < -0.4 is 5.32 Å². The number of rotatable bonds is 5. The molecular weight excluding hydrogens is 276 g/mol. The molecule has 2 rings (SSSR count). The molecule has 1 aromatic carbocycles. The Morgan fingerprint density at radius 2 is 2.20 bits per heavy atom. The normalized spacial score (nSPS) is 12.3. The van der Waals surface area contributed by atoms with Gasteiger partial charge in [0.15, 0.2) is 0 Å². The van der Waals surface area contributed by atoms with Crippen LogP contribution in [0.25, 0.3) is 10.9 Å². The van der Waals surface area contributed by atoms with Crippen LogP contribution in [-0.4, -0.2) is 30.1 Å². The quantitative estimate of drug-likeness (QED) is 0.862. The zero-order valence-corrected chi connectivity index (χ0v) is 12.3. The molecule has 0 aliphatic rings. The first kappa shape index (κ1) is 14.8. The van der Waals surface area contributed by atoms with E-state index in [0.717, 1.165) is 5.39 Å². The van der Waals surface area contributed by atoms with Crippen molar-refractivity contribution in [2.45, 2.75) is 20.0 Å². The van der Waals surface area contributed by atoms with Gasteiger partial charge in [0.25, 0.3) is 5.91 Å². The molecular formula is C15H17ClN2O2. The molecule has 1 atom stereocenters. The summed E-state index contributed by atoms with van der Waals surface area (Å²) >= 11 is 5.96. The van der Waals surface area contributed by atoms with Gasteiger partial charge in [0.1, 0.15) is 5.15 Å². The van der Waals surface area contributed by atoms with Gasteiger partial charge in [-0.05, 0) is 26.0 Å². The van der Waals surface area contributed by atoms with Crippen LogP contribution in [0.5, 0.6) is 0 Å². The summed E-state index contributed by atoms with van der Waals surface area (Å²) in [5.74, 6) is -0.169. The van der Waals surface area contributed by atoms with Gasteiger partial charge in [0.2, 0.25) is 0 Å². The fourth-order valence-corrected chi connectivity index (χ4v) is 2.21. The molecule has 1 N–H and O–H groups in total. The number of nitrogens with zero attached hydrogens (tertiary/aromatic N) is 1. The number of pyridine rings is 1. The molecule has 0 aliphatic heterocycles. The van der Waals surface area contributed by atoms with Crippen molar-refractivity contribution in [2.75, 3.05) is 13.2 Å². The van der Waals surface area contributed by atoms with Crippen molar-refractivity contribution in [1.82, 2.24) is 10.3 Å². The number of carbonyl (C=O) groups is 1. The number of para-hydroxylation sites is 1. The number of halogens is 1. The summed E-state index contributed by atoms with van der Waals surface area (Å²) in [5, 5.41) is 3.95. The zero-order valence-electron chi connectivity index (χ0n) is 11.5. The number of ether oxygens (including phenoxy) is 1. The molecule has 0 saturated carbocycles. The average molecular weight is 293 g/mol. The van der Waals surface area contributed by atoms with Gasteiger partial charge < -0.3 is 10.1 Å². The van der Waals surface area contributed by atoms with Crippen molar-refractivity contribution in [3.8, 4) is 0 Å². The lowest BCUT2D eigenvalue weighted by molar-refractivity contribution is 0.0695. The number of aromatic nitrogens is 1. The predicted octanol–water partition coefficient (Wildman–Crippen LogP) is 3.04. The monoisotopic (exact) mass is 292 g/mol. The first-order valence-corrected chi connectivity index (χ1v) is 6.94. The van der Waals surface area contributed by atoms with Gasteiger partial charge in [-0.3, -0.25) is 4.79 Å². The maximum Gasteiger partial charge on any atom is 0.252 e. The lowest BCUT2D eigenvalue weighted by Crippen LogP contribution is -2.32. The van der Waals surface area contributed by atoms with Crippen LogP contribution in [0.1, 0.15) is 24.2 Å². The maximum atomic E-state index is 12.3. The Labute approximate surface area is 123 Å². The zero-order chi connectivity index (χ0) is 14.5. The third kappa shape index (κ3) is 3.46. The van der Waals surface area contributed by atoms with E-state index in [4.69, 9.17) is 16.3 Å². The van der Waals surface area contributed by atoms with E-state index in [1.165, 1.54) is 0 Å². The molecule has 0 spiro atoms. The maximum absolute atomic E-state index is 12.3. The van der Waals surface area contributed by atoms with Gasteiger partial charge >= 0.3 is 0 Å². The number of benzene rings is 1. The molecule has 1 heterocycles. The second-order valence-corrected chi connectivity index (χ2v) is 4.87. The first-order chi connectivity index (χ1) is 9.61. The second kappa shape index (κ2) is 6.68. The molecule has 1 aromatic heterocycles. The van der Waals surface area contributed by atoms with Gasteiger partial charge in [-0.15, -0.1) is 0 Å². The lowest BCUT2D eigenvalue weighted by Gasteiger charge is -2.13. The highest BCUT2D eigenvalue weighted by atomic mass is 35.5. The Morgan fingerprint density at radius 1 is 1.45 bits per heavy atom. The van der Waals surface area contributed by atoms with Crippen molar-refractivity contribution in [1.29, 1.82) is 0 Å². The van der Waals surface area contributed by atoms with E-state index in [0.29, 0.717) is 29.4 Å². The molecule has 5 heteroatoms. The Bertz CT molecular complexity index is 616. The summed E-state index contributed by atoms with van der Waals surface area (Å²) in [6.45, 7) is 4.93. The Kier molecular flexibility index (Phi) is 4.93. The van der Waals surface area contributed by atoms with E-state index in [1.807, 2.05) is 38.1 Å². The molecule has 0 bridgehead atoms. The van der Waals surface area contributed by atoms with E-state index in [9.17, 15) is 4.79 Å². The molecule has 0 radical (unpaired) electrons. The van der Waals surface area contributed by atoms with Gasteiger partial charge in [0.05, 0.1) is 17.2 Å². The van der Waals surface area contributed by atoms with E-state index in [-0.39, 0.29) is 12.0 Å². The van der Waals surface area contributed by atoms with Gasteiger partial charge in [-0.2, -0.15) is 0 Å². The molecule has 0 saturated heterocycles. The van der Waals surface area contributed by atoms with Gasteiger partial charge in [-0.1, -0.05) is 29.8 Å². The molecule has 20 heavy (non-hydrogen) atoms. The highest BCUT2D eigenvalue weighted by molar-refractivity contribution is 6.30. The summed E-state index contributed by atoms with van der Waals surface area (Å²) in [7, 11) is 0. The highest BCUT2D eigenvalue weighted by Crippen LogP contribution is 2.20. The third-order valence-electron chi connectivity index (χ3n) is 2.93. The van der Waals surface area contributed by atoms with Crippen molar-refractivity contribution in [3.05, 3.63) is 41.0 Å². The van der Waals surface area contributed by atoms with Crippen LogP contribution >= 0.6 is 11.6 Å². The second-order valence-electron chi connectivity index (χ2n) is 4.49. The smallest absolute Gasteiger partial charge is 0.252 e. The van der Waals surface area contributed by atoms with E-state index in [1.54, 1.807) is 6.07 Å². The molecule has 2 aromatic rings. The fraction of sp³-hybridized carbons (Fsp3) is 0.333. The van der Waals surface area contributed by atoms with Crippen LogP contribution in [0.2, 0.25) is 5.15 Å². The summed E-state index contributed by atoms with van der Waals surface area (Å²) in [5.41, 5.74) is 1.24. The molecule has 4 nitrogen and oxygen atoms in total. The summed E-state index contributed by atoms with van der Waals surface area (Å²) in [6, 6.07) is 9.02. The Balaban J connectivity index is 2.21. The molecule has 106 valence electrons. The summed E-state index contributed by atoms with van der Waals surface area (Å²) in [4.78, 5) is 16.5. The minimum atomic E-state index is -0.169. The Morgan fingerprint density at radius 3 is 2.95 bits per heavy atom. The van der Waals surface area contributed by atoms with Crippen LogP contribution in [0.15, 0.2) is 30.3 Å². The third-order valence-corrected chi connectivity index (χ3v) is 3.12. The number of nitrogens with one attached hydrogen (secondary N) is 1. The van der Waals surface area contributed by atoms with Crippen LogP contribution in [0.3, 0.4) is 0 Å². The minimum Gasteiger partial charge on any atom is -0.377 e. The average Bonchev–Trinajstić information content (AvgIpc) is 2.44. The van der Waals surface area contributed by atoms with Crippen molar-refractivity contribution in [3.63, 3.8) is 0 Å². The van der Waals surface area contributed by atoms with Gasteiger partial charge in [-0.25, -0.2) is 4.98 Å². The van der Waals surface area contributed by atoms with Crippen molar-refractivity contribution in [2.24, 2.45) is 0 Å². The van der Waals surface area contributed by atoms with E-state index >= 15 is 0 Å². The minimum absolute atomic E-state index is 0.0208. The number of hydrogen-bond acceptors (Lipinski definition) is 3. The molecule has 1 amide bonds. The largest absolute Gasteiger partial charge is 0.377 e. The first-order valence-electron chi connectivity index (χ1n) is 6.57. The SMILES string of the molecule is CCOC(C)CNC(=O)c1cc(Cl)nc2ccccc12. The van der Waals surface area contributed by atoms with Crippen molar-refractivity contribution >= 4 is 28.4 Å². The van der Waals surface area contributed by atoms with Crippen molar-refractivity contribution < 1.29 is 9.53 Å². The van der Waals surface area contributed by atoms with Gasteiger partial charge in [0, 0.05) is 18.5 Å². The van der Waals surface area contributed by atoms with E-state index in [2.05, 4.69) is 10.3 Å². The standard InChI is InChI=1S/C15H17ClN2O2/c1-3-20-10(2)9-17-15(19)12-8-14(16)18-13-7-5-4-6-11(12)13/h4-8,10H,3,9H2,1-2H3,(H,17,19). The number of fused-ring (bicyclic) bond motifs is 1. The highest BCUT2D eigenvalue weighted by Gasteiger charge is 2.13. The fourth-order valence-electron chi connectivity index (χ4n) is 2.01. The lowest BCUT2D eigenvalue weighted by atomic mass is 10.1. The number of hydrogen-bond donors (Lipinski definition) is 1. The van der Waals surface area contributed by atoms with Crippen LogP contribution in [-0.2, 0) is 4.74 Å². The molecule has 0 aliphatic carbocycles. The Hall–Kier alpha value is -1.65. The molecule has 0 fully saturated rings.